The van der Waals surface area contributed by atoms with Gasteiger partial charge in [-0.05, 0) is 31.2 Å². The molecule has 1 rings (SSSR count). The van der Waals surface area contributed by atoms with Gasteiger partial charge in [0.25, 0.3) is 0 Å². The summed E-state index contributed by atoms with van der Waals surface area (Å²) in [5, 5.41) is 2.56. The molecule has 0 aliphatic carbocycles. The summed E-state index contributed by atoms with van der Waals surface area (Å²) in [7, 11) is -3.56. The number of halogens is 1. The second-order valence-corrected chi connectivity index (χ2v) is 5.90. The lowest BCUT2D eigenvalue weighted by atomic mass is 10.3. The van der Waals surface area contributed by atoms with Crippen LogP contribution in [0.5, 0.6) is 0 Å². The van der Waals surface area contributed by atoms with Crippen LogP contribution < -0.4 is 10.0 Å². The molecule has 0 saturated heterocycles. The molecular weight excluding hydrogens is 276 g/mol. The van der Waals surface area contributed by atoms with Crippen LogP contribution in [0.1, 0.15) is 13.8 Å². The third kappa shape index (κ3) is 4.29. The van der Waals surface area contributed by atoms with Gasteiger partial charge >= 0.3 is 0 Å². The number of benzene rings is 1. The van der Waals surface area contributed by atoms with Crippen LogP contribution in [0.4, 0.5) is 5.69 Å². The highest BCUT2D eigenvalue weighted by Crippen LogP contribution is 2.14. The third-order valence-electron chi connectivity index (χ3n) is 2.07. The minimum atomic E-state index is -3.56. The van der Waals surface area contributed by atoms with E-state index < -0.39 is 10.0 Å². The Kier molecular flexibility index (Phi) is 5.13. The number of amides is 1. The van der Waals surface area contributed by atoms with Crippen LogP contribution in [-0.2, 0) is 14.8 Å². The molecule has 0 aromatic heterocycles. The SMILES string of the molecule is CC(=O)Nc1ccc(S(=O)(=O)NC(C)CCl)cc1. The van der Waals surface area contributed by atoms with Gasteiger partial charge in [0.2, 0.25) is 15.9 Å². The summed E-state index contributed by atoms with van der Waals surface area (Å²) in [5.41, 5.74) is 0.548. The molecule has 0 fully saturated rings. The molecule has 0 heterocycles. The second kappa shape index (κ2) is 6.17. The minimum Gasteiger partial charge on any atom is -0.326 e. The molecule has 1 aromatic rings. The van der Waals surface area contributed by atoms with Gasteiger partial charge in [-0.15, -0.1) is 11.6 Å². The number of carbonyl (C=O) groups is 1. The summed E-state index contributed by atoms with van der Waals surface area (Å²) >= 11 is 5.55. The van der Waals surface area contributed by atoms with Gasteiger partial charge in [0.1, 0.15) is 0 Å². The molecule has 1 aromatic carbocycles. The van der Waals surface area contributed by atoms with Crippen molar-refractivity contribution in [2.24, 2.45) is 0 Å². The summed E-state index contributed by atoms with van der Waals surface area (Å²) in [4.78, 5) is 11.0. The Labute approximate surface area is 112 Å². The number of carbonyl (C=O) groups excluding carboxylic acids is 1. The lowest BCUT2D eigenvalue weighted by molar-refractivity contribution is -0.114. The largest absolute Gasteiger partial charge is 0.326 e. The fraction of sp³-hybridized carbons (Fsp3) is 0.364. The molecule has 5 nitrogen and oxygen atoms in total. The first-order valence-electron chi connectivity index (χ1n) is 5.31. The number of anilines is 1. The average Bonchev–Trinajstić information content (AvgIpc) is 2.28. The number of nitrogens with one attached hydrogen (secondary N) is 2. The van der Waals surface area contributed by atoms with Crippen molar-refractivity contribution in [2.45, 2.75) is 24.8 Å². The maximum Gasteiger partial charge on any atom is 0.240 e. The molecule has 1 unspecified atom stereocenters. The number of sulfonamides is 1. The molecule has 1 amide bonds. The van der Waals surface area contributed by atoms with Crippen molar-refractivity contribution in [2.75, 3.05) is 11.2 Å². The zero-order chi connectivity index (χ0) is 13.8. The zero-order valence-corrected chi connectivity index (χ0v) is 11.7. The van der Waals surface area contributed by atoms with Gasteiger partial charge in [0.15, 0.2) is 0 Å². The van der Waals surface area contributed by atoms with Gasteiger partial charge < -0.3 is 5.32 Å². The van der Waals surface area contributed by atoms with E-state index in [9.17, 15) is 13.2 Å². The van der Waals surface area contributed by atoms with Gasteiger partial charge in [-0.3, -0.25) is 4.79 Å². The first kappa shape index (κ1) is 14.9. The summed E-state index contributed by atoms with van der Waals surface area (Å²) in [6.45, 7) is 3.06. The van der Waals surface area contributed by atoms with Gasteiger partial charge in [-0.2, -0.15) is 0 Å². The average molecular weight is 291 g/mol. The number of rotatable bonds is 5. The molecule has 0 radical (unpaired) electrons. The van der Waals surface area contributed by atoms with E-state index in [1.54, 1.807) is 6.92 Å². The molecule has 18 heavy (non-hydrogen) atoms. The number of hydrogen-bond donors (Lipinski definition) is 2. The third-order valence-corrected chi connectivity index (χ3v) is 4.14. The highest BCUT2D eigenvalue weighted by atomic mass is 35.5. The van der Waals surface area contributed by atoms with E-state index in [4.69, 9.17) is 11.6 Å². The van der Waals surface area contributed by atoms with Crippen LogP contribution in [0.25, 0.3) is 0 Å². The summed E-state index contributed by atoms with van der Waals surface area (Å²) in [6.07, 6.45) is 0. The second-order valence-electron chi connectivity index (χ2n) is 3.88. The molecule has 0 saturated carbocycles. The monoisotopic (exact) mass is 290 g/mol. The van der Waals surface area contributed by atoms with Crippen LogP contribution in [0.3, 0.4) is 0 Å². The van der Waals surface area contributed by atoms with Crippen LogP contribution in [0, 0.1) is 0 Å². The van der Waals surface area contributed by atoms with Crippen molar-refractivity contribution in [3.8, 4) is 0 Å². The van der Waals surface area contributed by atoms with Crippen LogP contribution >= 0.6 is 11.6 Å². The van der Waals surface area contributed by atoms with Gasteiger partial charge in [-0.1, -0.05) is 0 Å². The number of alkyl halides is 1. The maximum absolute atomic E-state index is 11.9. The normalized spacial score (nSPS) is 13.1. The van der Waals surface area contributed by atoms with Crippen LogP contribution in [-0.4, -0.2) is 26.2 Å². The van der Waals surface area contributed by atoms with Gasteiger partial charge in [0, 0.05) is 24.5 Å². The summed E-state index contributed by atoms with van der Waals surface area (Å²) < 4.78 is 26.2. The van der Waals surface area contributed by atoms with Crippen molar-refractivity contribution in [3.05, 3.63) is 24.3 Å². The van der Waals surface area contributed by atoms with Gasteiger partial charge in [-0.25, -0.2) is 13.1 Å². The Balaban J connectivity index is 2.87. The zero-order valence-electron chi connectivity index (χ0n) is 10.1. The maximum atomic E-state index is 11.9. The molecule has 100 valence electrons. The van der Waals surface area contributed by atoms with E-state index in [1.165, 1.54) is 31.2 Å². The summed E-state index contributed by atoms with van der Waals surface area (Å²) in [5.74, 6) is -0.0112. The Morgan fingerprint density at radius 1 is 1.33 bits per heavy atom. The van der Waals surface area contributed by atoms with E-state index in [2.05, 4.69) is 10.0 Å². The van der Waals surface area contributed by atoms with Crippen LogP contribution in [0.15, 0.2) is 29.2 Å². The Morgan fingerprint density at radius 3 is 2.33 bits per heavy atom. The quantitative estimate of drug-likeness (QED) is 0.808. The lowest BCUT2D eigenvalue weighted by Gasteiger charge is -2.11. The van der Waals surface area contributed by atoms with Crippen molar-refractivity contribution < 1.29 is 13.2 Å². The Hall–Kier alpha value is -1.11. The smallest absolute Gasteiger partial charge is 0.240 e. The predicted molar refractivity (Wildman–Crippen MR) is 71.2 cm³/mol. The predicted octanol–water partition coefficient (Wildman–Crippen LogP) is 1.55. The van der Waals surface area contributed by atoms with E-state index in [0.717, 1.165) is 0 Å². The fourth-order valence-corrected chi connectivity index (χ4v) is 2.70. The molecule has 0 spiro atoms. The standard InChI is InChI=1S/C11H15ClN2O3S/c1-8(7-12)14-18(16,17)11-5-3-10(4-6-11)13-9(2)15/h3-6,8,14H,7H2,1-2H3,(H,13,15). The van der Waals surface area contributed by atoms with E-state index >= 15 is 0 Å². The van der Waals surface area contributed by atoms with E-state index in [1.807, 2.05) is 0 Å². The topological polar surface area (TPSA) is 75.3 Å². The first-order valence-corrected chi connectivity index (χ1v) is 7.33. The van der Waals surface area contributed by atoms with Crippen LogP contribution in [0.2, 0.25) is 0 Å². The highest BCUT2D eigenvalue weighted by Gasteiger charge is 2.16. The van der Waals surface area contributed by atoms with E-state index in [-0.39, 0.29) is 22.7 Å². The molecular formula is C11H15ClN2O3S. The molecule has 7 heteroatoms. The van der Waals surface area contributed by atoms with Crippen molar-refractivity contribution in [3.63, 3.8) is 0 Å². The molecule has 1 atom stereocenters. The van der Waals surface area contributed by atoms with Crippen molar-refractivity contribution in [1.82, 2.24) is 4.72 Å². The lowest BCUT2D eigenvalue weighted by Crippen LogP contribution is -2.33. The van der Waals surface area contributed by atoms with Gasteiger partial charge in [0.05, 0.1) is 4.90 Å². The number of hydrogen-bond acceptors (Lipinski definition) is 3. The minimum absolute atomic E-state index is 0.133. The van der Waals surface area contributed by atoms with Crippen molar-refractivity contribution >= 4 is 33.2 Å². The highest BCUT2D eigenvalue weighted by molar-refractivity contribution is 7.89. The molecule has 2 N–H and O–H groups in total. The Bertz CT molecular complexity index is 514. The fourth-order valence-electron chi connectivity index (χ4n) is 1.29. The Morgan fingerprint density at radius 2 is 1.89 bits per heavy atom. The molecule has 0 aliphatic heterocycles. The first-order chi connectivity index (χ1) is 8.35. The summed E-state index contributed by atoms with van der Waals surface area (Å²) in [6, 6.07) is 5.57. The van der Waals surface area contributed by atoms with E-state index in [0.29, 0.717) is 5.69 Å². The molecule has 0 aliphatic rings. The molecule has 0 bridgehead atoms. The van der Waals surface area contributed by atoms with Crippen molar-refractivity contribution in [1.29, 1.82) is 0 Å².